The molecule has 4 rings (SSSR count). The average Bonchev–Trinajstić information content (AvgIpc) is 3.21. The van der Waals surface area contributed by atoms with Gasteiger partial charge < -0.3 is 19.2 Å². The number of amides is 1. The maximum Gasteiger partial charge on any atom is 0.243 e. The number of carbonyl (C=O) groups excluding carboxylic acids is 1. The number of rotatable bonds is 7. The van der Waals surface area contributed by atoms with Crippen LogP contribution >= 0.6 is 0 Å². The molecule has 0 aliphatic carbocycles. The molecule has 0 spiro atoms. The second kappa shape index (κ2) is 9.32. The van der Waals surface area contributed by atoms with Crippen LogP contribution in [0, 0.1) is 0 Å². The predicted octanol–water partition coefficient (Wildman–Crippen LogP) is 3.21. The van der Waals surface area contributed by atoms with Gasteiger partial charge in [-0.15, -0.1) is 0 Å². The summed E-state index contributed by atoms with van der Waals surface area (Å²) in [5, 5.41) is 3.67. The standard InChI is InChI=1S/C23H26N2O6S/c1-3-16-4-6-19-17(15-31-22(19)12-16)13-23(26)24-20-14-18(5-7-21(20)29-2)32(27,28)25-8-10-30-11-9-25/h4-7,12,14-15H,3,8-11,13H2,1-2H3,(H,24,26). The van der Waals surface area contributed by atoms with Crippen LogP contribution in [-0.4, -0.2) is 52.0 Å². The van der Waals surface area contributed by atoms with E-state index in [1.165, 1.54) is 23.5 Å². The number of nitrogens with zero attached hydrogens (tertiary/aromatic N) is 1. The van der Waals surface area contributed by atoms with Crippen LogP contribution in [0.2, 0.25) is 0 Å². The van der Waals surface area contributed by atoms with Gasteiger partial charge in [-0.2, -0.15) is 4.31 Å². The van der Waals surface area contributed by atoms with Gasteiger partial charge in [0.25, 0.3) is 0 Å². The summed E-state index contributed by atoms with van der Waals surface area (Å²) in [6, 6.07) is 10.4. The average molecular weight is 459 g/mol. The van der Waals surface area contributed by atoms with Crippen molar-refractivity contribution < 1.29 is 27.1 Å². The Morgan fingerprint density at radius 1 is 1.16 bits per heavy atom. The molecule has 8 nitrogen and oxygen atoms in total. The van der Waals surface area contributed by atoms with E-state index in [0.29, 0.717) is 37.7 Å². The first kappa shape index (κ1) is 22.3. The van der Waals surface area contributed by atoms with Crippen molar-refractivity contribution in [3.05, 3.63) is 53.8 Å². The molecule has 1 aliphatic rings. The van der Waals surface area contributed by atoms with Gasteiger partial charge in [0.1, 0.15) is 11.3 Å². The SMILES string of the molecule is CCc1ccc2c(CC(=O)Nc3cc(S(=O)(=O)N4CCOCC4)ccc3OC)coc2c1. The first-order valence-corrected chi connectivity index (χ1v) is 11.9. The zero-order valence-electron chi connectivity index (χ0n) is 18.1. The van der Waals surface area contributed by atoms with Crippen molar-refractivity contribution in [1.82, 2.24) is 4.31 Å². The Morgan fingerprint density at radius 3 is 2.66 bits per heavy atom. The normalized spacial score (nSPS) is 15.1. The maximum absolute atomic E-state index is 13.0. The highest BCUT2D eigenvalue weighted by Crippen LogP contribution is 2.30. The molecule has 32 heavy (non-hydrogen) atoms. The lowest BCUT2D eigenvalue weighted by atomic mass is 10.1. The fourth-order valence-electron chi connectivity index (χ4n) is 3.73. The zero-order chi connectivity index (χ0) is 22.7. The number of hydrogen-bond donors (Lipinski definition) is 1. The van der Waals surface area contributed by atoms with Crippen LogP contribution in [0.25, 0.3) is 11.0 Å². The number of anilines is 1. The van der Waals surface area contributed by atoms with Gasteiger partial charge >= 0.3 is 0 Å². The van der Waals surface area contributed by atoms with E-state index >= 15 is 0 Å². The monoisotopic (exact) mass is 458 g/mol. The summed E-state index contributed by atoms with van der Waals surface area (Å²) in [5.41, 5.74) is 2.96. The van der Waals surface area contributed by atoms with Crippen molar-refractivity contribution in [1.29, 1.82) is 0 Å². The molecule has 0 radical (unpaired) electrons. The number of hydrogen-bond acceptors (Lipinski definition) is 6. The Morgan fingerprint density at radius 2 is 1.94 bits per heavy atom. The van der Waals surface area contributed by atoms with Crippen LogP contribution in [-0.2, 0) is 32.4 Å². The number of aryl methyl sites for hydroxylation is 1. The zero-order valence-corrected chi connectivity index (χ0v) is 18.9. The van der Waals surface area contributed by atoms with Gasteiger partial charge in [-0.1, -0.05) is 19.1 Å². The molecule has 1 N–H and O–H groups in total. The molecule has 2 aromatic carbocycles. The third-order valence-corrected chi connectivity index (χ3v) is 7.43. The smallest absolute Gasteiger partial charge is 0.243 e. The maximum atomic E-state index is 13.0. The molecule has 0 saturated carbocycles. The number of benzene rings is 2. The number of ether oxygens (including phenoxy) is 2. The molecule has 0 bridgehead atoms. The van der Waals surface area contributed by atoms with E-state index in [2.05, 4.69) is 12.2 Å². The summed E-state index contributed by atoms with van der Waals surface area (Å²) < 4.78 is 43.5. The van der Waals surface area contributed by atoms with Crippen molar-refractivity contribution in [2.45, 2.75) is 24.7 Å². The minimum atomic E-state index is -3.70. The van der Waals surface area contributed by atoms with E-state index in [1.807, 2.05) is 18.2 Å². The first-order valence-electron chi connectivity index (χ1n) is 10.5. The quantitative estimate of drug-likeness (QED) is 0.584. The van der Waals surface area contributed by atoms with Crippen molar-refractivity contribution in [3.8, 4) is 5.75 Å². The number of methoxy groups -OCH3 is 1. The lowest BCUT2D eigenvalue weighted by Gasteiger charge is -2.26. The highest BCUT2D eigenvalue weighted by Gasteiger charge is 2.27. The molecular weight excluding hydrogens is 432 g/mol. The number of carbonyl (C=O) groups is 1. The lowest BCUT2D eigenvalue weighted by Crippen LogP contribution is -2.40. The fraction of sp³-hybridized carbons (Fsp3) is 0.348. The molecule has 170 valence electrons. The summed E-state index contributed by atoms with van der Waals surface area (Å²) in [6.07, 6.45) is 2.57. The van der Waals surface area contributed by atoms with Crippen LogP contribution in [0.15, 0.2) is 52.0 Å². The van der Waals surface area contributed by atoms with Crippen LogP contribution in [0.1, 0.15) is 18.1 Å². The summed E-state index contributed by atoms with van der Waals surface area (Å²) >= 11 is 0. The van der Waals surface area contributed by atoms with Crippen molar-refractivity contribution in [2.24, 2.45) is 0 Å². The van der Waals surface area contributed by atoms with E-state index in [1.54, 1.807) is 12.3 Å². The topological polar surface area (TPSA) is 98.1 Å². The molecule has 1 aliphatic heterocycles. The summed E-state index contributed by atoms with van der Waals surface area (Å²) in [4.78, 5) is 12.9. The molecule has 9 heteroatoms. The van der Waals surface area contributed by atoms with Gasteiger partial charge in [0, 0.05) is 24.0 Å². The highest BCUT2D eigenvalue weighted by molar-refractivity contribution is 7.89. The summed E-state index contributed by atoms with van der Waals surface area (Å²) in [7, 11) is -2.23. The van der Waals surface area contributed by atoms with Gasteiger partial charge in [-0.05, 0) is 36.2 Å². The molecule has 1 amide bonds. The third kappa shape index (κ3) is 4.50. The number of fused-ring (bicyclic) bond motifs is 1. The molecule has 1 fully saturated rings. The van der Waals surface area contributed by atoms with E-state index in [0.717, 1.165) is 28.5 Å². The second-order valence-corrected chi connectivity index (χ2v) is 9.49. The molecular formula is C23H26N2O6S. The Labute approximate surface area is 187 Å². The fourth-order valence-corrected chi connectivity index (χ4v) is 5.17. The van der Waals surface area contributed by atoms with E-state index in [4.69, 9.17) is 13.9 Å². The van der Waals surface area contributed by atoms with Gasteiger partial charge in [-0.3, -0.25) is 4.79 Å². The van der Waals surface area contributed by atoms with Crippen molar-refractivity contribution in [3.63, 3.8) is 0 Å². The van der Waals surface area contributed by atoms with Gasteiger partial charge in [0.05, 0.1) is 43.6 Å². The van der Waals surface area contributed by atoms with Crippen LogP contribution < -0.4 is 10.1 Å². The Hall–Kier alpha value is -2.88. The molecule has 3 aromatic rings. The minimum absolute atomic E-state index is 0.0854. The second-order valence-electron chi connectivity index (χ2n) is 7.55. The number of morpholine rings is 1. The molecule has 0 atom stereocenters. The highest BCUT2D eigenvalue weighted by atomic mass is 32.2. The third-order valence-electron chi connectivity index (χ3n) is 5.53. The Kier molecular flexibility index (Phi) is 6.50. The van der Waals surface area contributed by atoms with Crippen LogP contribution in [0.3, 0.4) is 0 Å². The number of sulfonamides is 1. The first-order chi connectivity index (χ1) is 15.4. The summed E-state index contributed by atoms with van der Waals surface area (Å²) in [6.45, 7) is 3.38. The van der Waals surface area contributed by atoms with Gasteiger partial charge in [-0.25, -0.2) is 8.42 Å². The van der Waals surface area contributed by atoms with Crippen molar-refractivity contribution >= 4 is 32.6 Å². The van der Waals surface area contributed by atoms with E-state index in [-0.39, 0.29) is 17.2 Å². The van der Waals surface area contributed by atoms with Crippen LogP contribution in [0.4, 0.5) is 5.69 Å². The minimum Gasteiger partial charge on any atom is -0.495 e. The van der Waals surface area contributed by atoms with Gasteiger partial charge in [0.2, 0.25) is 15.9 Å². The summed E-state index contributed by atoms with van der Waals surface area (Å²) in [5.74, 6) is 0.0791. The van der Waals surface area contributed by atoms with Gasteiger partial charge in [0.15, 0.2) is 0 Å². The van der Waals surface area contributed by atoms with Crippen molar-refractivity contribution in [2.75, 3.05) is 38.7 Å². The number of furan rings is 1. The molecule has 1 aromatic heterocycles. The molecule has 1 saturated heterocycles. The van der Waals surface area contributed by atoms with Crippen LogP contribution in [0.5, 0.6) is 5.75 Å². The molecule has 0 unspecified atom stereocenters. The number of nitrogens with one attached hydrogen (secondary N) is 1. The van der Waals surface area contributed by atoms with E-state index in [9.17, 15) is 13.2 Å². The predicted molar refractivity (Wildman–Crippen MR) is 120 cm³/mol. The molecule has 2 heterocycles. The Bertz CT molecular complexity index is 1230. The largest absolute Gasteiger partial charge is 0.495 e. The lowest BCUT2D eigenvalue weighted by molar-refractivity contribution is -0.115. The Balaban J connectivity index is 1.55. The van der Waals surface area contributed by atoms with E-state index < -0.39 is 10.0 Å².